The minimum atomic E-state index is 0.0719. The second-order valence-corrected chi connectivity index (χ2v) is 5.43. The van der Waals surface area contributed by atoms with E-state index in [1.807, 2.05) is 23.0 Å². The fraction of sp³-hybridized carbons (Fsp3) is 0.643. The molecule has 1 heterocycles. The van der Waals surface area contributed by atoms with Crippen molar-refractivity contribution in [1.29, 1.82) is 0 Å². The van der Waals surface area contributed by atoms with Gasteiger partial charge in [-0.1, -0.05) is 27.7 Å². The van der Waals surface area contributed by atoms with Gasteiger partial charge in [-0.3, -0.25) is 4.79 Å². The van der Waals surface area contributed by atoms with Crippen molar-refractivity contribution >= 4 is 5.91 Å². The van der Waals surface area contributed by atoms with Crippen LogP contribution in [-0.4, -0.2) is 23.1 Å². The Morgan fingerprint density at radius 1 is 1.33 bits per heavy atom. The van der Waals surface area contributed by atoms with Gasteiger partial charge in [0.15, 0.2) is 0 Å². The Balaban J connectivity index is 2.36. The Hall–Kier alpha value is -1.29. The van der Waals surface area contributed by atoms with Gasteiger partial charge in [-0.05, 0) is 17.5 Å². The molecule has 0 saturated carbocycles. The molecule has 0 unspecified atom stereocenters. The Morgan fingerprint density at radius 2 is 2.06 bits per heavy atom. The van der Waals surface area contributed by atoms with Gasteiger partial charge in [-0.2, -0.15) is 0 Å². The van der Waals surface area contributed by atoms with Crippen LogP contribution < -0.4 is 10.6 Å². The van der Waals surface area contributed by atoms with Crippen LogP contribution in [0.15, 0.2) is 18.5 Å². The van der Waals surface area contributed by atoms with E-state index >= 15 is 0 Å². The summed E-state index contributed by atoms with van der Waals surface area (Å²) in [5.41, 5.74) is 1.21. The molecule has 102 valence electrons. The van der Waals surface area contributed by atoms with Crippen LogP contribution in [0.5, 0.6) is 0 Å². The lowest BCUT2D eigenvalue weighted by atomic mass is 10.2. The molecule has 1 aromatic rings. The van der Waals surface area contributed by atoms with Gasteiger partial charge in [-0.15, -0.1) is 0 Å². The maximum atomic E-state index is 11.6. The molecule has 0 atom stereocenters. The van der Waals surface area contributed by atoms with Crippen molar-refractivity contribution in [3.8, 4) is 0 Å². The predicted molar refractivity (Wildman–Crippen MR) is 74.3 cm³/mol. The number of aromatic nitrogens is 1. The van der Waals surface area contributed by atoms with Crippen LogP contribution in [0.25, 0.3) is 0 Å². The number of rotatable bonds is 7. The Bertz CT molecular complexity index is 369. The molecular formula is C14H25N3O. The first kappa shape index (κ1) is 14.8. The largest absolute Gasteiger partial charge is 0.354 e. The van der Waals surface area contributed by atoms with Crippen molar-refractivity contribution in [3.63, 3.8) is 0 Å². The summed E-state index contributed by atoms with van der Waals surface area (Å²) in [4.78, 5) is 11.6. The highest BCUT2D eigenvalue weighted by atomic mass is 16.1. The molecule has 1 aromatic heterocycles. The van der Waals surface area contributed by atoms with Crippen LogP contribution in [0.2, 0.25) is 0 Å². The quantitative estimate of drug-likeness (QED) is 0.775. The van der Waals surface area contributed by atoms with Crippen molar-refractivity contribution in [2.45, 2.75) is 46.8 Å². The molecule has 0 aliphatic carbocycles. The number of carbonyl (C=O) groups is 1. The van der Waals surface area contributed by atoms with Crippen molar-refractivity contribution in [2.75, 3.05) is 6.54 Å². The molecule has 0 aliphatic heterocycles. The van der Waals surface area contributed by atoms with Gasteiger partial charge >= 0.3 is 0 Å². The molecule has 0 spiro atoms. The first-order chi connectivity index (χ1) is 8.47. The van der Waals surface area contributed by atoms with Crippen molar-refractivity contribution < 1.29 is 4.79 Å². The second kappa shape index (κ2) is 7.21. The monoisotopic (exact) mass is 251 g/mol. The van der Waals surface area contributed by atoms with E-state index < -0.39 is 0 Å². The number of amides is 1. The SMILES string of the molecule is CC(C)CNC(=O)Cn1ccc(CNC(C)C)c1. The average Bonchev–Trinajstić information content (AvgIpc) is 2.71. The molecule has 0 bridgehead atoms. The highest BCUT2D eigenvalue weighted by Gasteiger charge is 2.04. The summed E-state index contributed by atoms with van der Waals surface area (Å²) in [5, 5.41) is 6.27. The minimum absolute atomic E-state index is 0.0719. The molecule has 1 rings (SSSR count). The summed E-state index contributed by atoms with van der Waals surface area (Å²) in [6.07, 6.45) is 3.97. The van der Waals surface area contributed by atoms with Crippen LogP contribution >= 0.6 is 0 Å². The van der Waals surface area contributed by atoms with Gasteiger partial charge in [0.1, 0.15) is 6.54 Å². The van der Waals surface area contributed by atoms with E-state index in [0.29, 0.717) is 18.5 Å². The topological polar surface area (TPSA) is 46.1 Å². The molecule has 1 amide bonds. The molecular weight excluding hydrogens is 226 g/mol. The zero-order chi connectivity index (χ0) is 13.5. The minimum Gasteiger partial charge on any atom is -0.354 e. The molecule has 0 fully saturated rings. The fourth-order valence-corrected chi connectivity index (χ4v) is 1.56. The summed E-state index contributed by atoms with van der Waals surface area (Å²) in [7, 11) is 0. The van der Waals surface area contributed by atoms with Crippen LogP contribution in [0.3, 0.4) is 0 Å². The van der Waals surface area contributed by atoms with E-state index in [2.05, 4.69) is 38.3 Å². The molecule has 0 radical (unpaired) electrons. The second-order valence-electron chi connectivity index (χ2n) is 5.43. The number of nitrogens with zero attached hydrogens (tertiary/aromatic N) is 1. The zero-order valence-corrected chi connectivity index (χ0v) is 11.9. The smallest absolute Gasteiger partial charge is 0.239 e. The number of carbonyl (C=O) groups excluding carboxylic acids is 1. The van der Waals surface area contributed by atoms with E-state index in [0.717, 1.165) is 13.1 Å². The molecule has 18 heavy (non-hydrogen) atoms. The standard InChI is InChI=1S/C14H25N3O/c1-11(2)7-16-14(18)10-17-6-5-13(9-17)8-15-12(3)4/h5-6,9,11-12,15H,7-8,10H2,1-4H3,(H,16,18). The first-order valence-corrected chi connectivity index (χ1v) is 6.62. The molecule has 0 saturated heterocycles. The van der Waals surface area contributed by atoms with Crippen LogP contribution in [0.4, 0.5) is 0 Å². The molecule has 4 heteroatoms. The maximum Gasteiger partial charge on any atom is 0.239 e. The highest BCUT2D eigenvalue weighted by Crippen LogP contribution is 2.01. The first-order valence-electron chi connectivity index (χ1n) is 6.62. The number of hydrogen-bond acceptors (Lipinski definition) is 2. The molecule has 4 nitrogen and oxygen atoms in total. The van der Waals surface area contributed by atoms with Gasteiger partial charge in [0, 0.05) is 31.5 Å². The van der Waals surface area contributed by atoms with Gasteiger partial charge in [0.25, 0.3) is 0 Å². The summed E-state index contributed by atoms with van der Waals surface area (Å²) >= 11 is 0. The predicted octanol–water partition coefficient (Wildman–Crippen LogP) is 1.76. The lowest BCUT2D eigenvalue weighted by molar-refractivity contribution is -0.121. The van der Waals surface area contributed by atoms with Gasteiger partial charge < -0.3 is 15.2 Å². The highest BCUT2D eigenvalue weighted by molar-refractivity contribution is 5.75. The lowest BCUT2D eigenvalue weighted by Crippen LogP contribution is -2.30. The molecule has 0 aromatic carbocycles. The average molecular weight is 251 g/mol. The number of hydrogen-bond donors (Lipinski definition) is 2. The summed E-state index contributed by atoms with van der Waals surface area (Å²) in [5.74, 6) is 0.562. The van der Waals surface area contributed by atoms with Gasteiger partial charge in [-0.25, -0.2) is 0 Å². The van der Waals surface area contributed by atoms with Crippen LogP contribution in [0, 0.1) is 5.92 Å². The third-order valence-electron chi connectivity index (χ3n) is 2.56. The third-order valence-corrected chi connectivity index (χ3v) is 2.56. The Morgan fingerprint density at radius 3 is 2.67 bits per heavy atom. The van der Waals surface area contributed by atoms with Gasteiger partial charge in [0.2, 0.25) is 5.91 Å². The van der Waals surface area contributed by atoms with E-state index in [1.165, 1.54) is 5.56 Å². The van der Waals surface area contributed by atoms with E-state index in [1.54, 1.807) is 0 Å². The summed E-state index contributed by atoms with van der Waals surface area (Å²) < 4.78 is 1.92. The lowest BCUT2D eigenvalue weighted by Gasteiger charge is -2.08. The summed E-state index contributed by atoms with van der Waals surface area (Å²) in [6, 6.07) is 2.52. The molecule has 0 aliphatic rings. The maximum absolute atomic E-state index is 11.6. The van der Waals surface area contributed by atoms with Crippen LogP contribution in [-0.2, 0) is 17.9 Å². The van der Waals surface area contributed by atoms with Crippen LogP contribution in [0.1, 0.15) is 33.3 Å². The zero-order valence-electron chi connectivity index (χ0n) is 11.9. The molecule has 2 N–H and O–H groups in total. The van der Waals surface area contributed by atoms with Crippen molar-refractivity contribution in [1.82, 2.24) is 15.2 Å². The van der Waals surface area contributed by atoms with Gasteiger partial charge in [0.05, 0.1) is 0 Å². The Labute approximate surface area is 110 Å². The summed E-state index contributed by atoms with van der Waals surface area (Å²) in [6.45, 7) is 10.4. The number of nitrogens with one attached hydrogen (secondary N) is 2. The fourth-order valence-electron chi connectivity index (χ4n) is 1.56. The van der Waals surface area contributed by atoms with Crippen molar-refractivity contribution in [3.05, 3.63) is 24.0 Å². The normalized spacial score (nSPS) is 11.2. The Kier molecular flexibility index (Phi) is 5.92. The van der Waals surface area contributed by atoms with Crippen molar-refractivity contribution in [2.24, 2.45) is 5.92 Å². The van der Waals surface area contributed by atoms with E-state index in [-0.39, 0.29) is 5.91 Å². The third kappa shape index (κ3) is 5.87. The van der Waals surface area contributed by atoms with E-state index in [9.17, 15) is 4.79 Å². The van der Waals surface area contributed by atoms with E-state index in [4.69, 9.17) is 0 Å².